The van der Waals surface area contributed by atoms with E-state index >= 15 is 0 Å². The Hall–Kier alpha value is -3.84. The zero-order chi connectivity index (χ0) is 25.9. The molecule has 0 atom stereocenters. The highest BCUT2D eigenvalue weighted by molar-refractivity contribution is 5.96. The molecule has 7 nitrogen and oxygen atoms in total. The van der Waals surface area contributed by atoms with Gasteiger partial charge in [-0.15, -0.1) is 0 Å². The predicted molar refractivity (Wildman–Crippen MR) is 144 cm³/mol. The molecular weight excluding hydrogens is 466 g/mol. The van der Waals surface area contributed by atoms with Crippen LogP contribution in [0.1, 0.15) is 46.3 Å². The summed E-state index contributed by atoms with van der Waals surface area (Å²) >= 11 is 0. The average molecular weight is 502 g/mol. The Morgan fingerprint density at radius 3 is 2.62 bits per heavy atom. The van der Waals surface area contributed by atoms with Gasteiger partial charge in [0.2, 0.25) is 5.91 Å². The number of nitrogens with one attached hydrogen (secondary N) is 2. The maximum absolute atomic E-state index is 13.4. The molecule has 0 saturated heterocycles. The summed E-state index contributed by atoms with van der Waals surface area (Å²) in [6, 6.07) is 23.2. The van der Waals surface area contributed by atoms with E-state index in [-0.39, 0.29) is 18.4 Å². The second kappa shape index (κ2) is 13.5. The molecule has 0 fully saturated rings. The lowest BCUT2D eigenvalue weighted by molar-refractivity contribution is -0.122. The summed E-state index contributed by atoms with van der Waals surface area (Å²) in [5.74, 6) is 1.20. The van der Waals surface area contributed by atoms with E-state index in [1.54, 1.807) is 7.11 Å². The molecular formula is C30H35N3O4. The minimum atomic E-state index is -0.195. The Kier molecular flexibility index (Phi) is 9.54. The number of nitrogens with zero attached hydrogens (tertiary/aromatic N) is 1. The molecule has 0 aliphatic carbocycles. The maximum atomic E-state index is 13.4. The molecule has 7 heteroatoms. The van der Waals surface area contributed by atoms with Crippen molar-refractivity contribution in [1.82, 2.24) is 15.5 Å². The summed E-state index contributed by atoms with van der Waals surface area (Å²) in [6.45, 7) is 2.75. The van der Waals surface area contributed by atoms with E-state index in [9.17, 15) is 9.59 Å². The van der Waals surface area contributed by atoms with Crippen LogP contribution >= 0.6 is 0 Å². The molecule has 1 aliphatic heterocycles. The Morgan fingerprint density at radius 1 is 0.973 bits per heavy atom. The van der Waals surface area contributed by atoms with Gasteiger partial charge in [0.25, 0.3) is 5.91 Å². The molecule has 194 valence electrons. The molecule has 3 aromatic rings. The number of hydrogen-bond donors (Lipinski definition) is 2. The van der Waals surface area contributed by atoms with Gasteiger partial charge >= 0.3 is 0 Å². The normalized spacial score (nSPS) is 15.1. The Balaban J connectivity index is 1.62. The second-order valence-electron chi connectivity index (χ2n) is 9.17. The summed E-state index contributed by atoms with van der Waals surface area (Å²) in [4.78, 5) is 28.3. The van der Waals surface area contributed by atoms with Crippen molar-refractivity contribution in [3.63, 3.8) is 0 Å². The summed E-state index contributed by atoms with van der Waals surface area (Å²) in [7, 11) is 1.62. The van der Waals surface area contributed by atoms with Crippen LogP contribution in [0.15, 0.2) is 72.8 Å². The third-order valence-electron chi connectivity index (χ3n) is 6.41. The van der Waals surface area contributed by atoms with Gasteiger partial charge in [-0.05, 0) is 43.0 Å². The molecule has 2 N–H and O–H groups in total. The van der Waals surface area contributed by atoms with Crippen LogP contribution in [0.5, 0.6) is 11.5 Å². The van der Waals surface area contributed by atoms with Crippen LogP contribution in [0.2, 0.25) is 0 Å². The van der Waals surface area contributed by atoms with Gasteiger partial charge in [0, 0.05) is 42.9 Å². The molecule has 0 saturated carbocycles. The molecule has 37 heavy (non-hydrogen) atoms. The van der Waals surface area contributed by atoms with E-state index in [1.807, 2.05) is 72.8 Å². The number of benzene rings is 3. The smallest absolute Gasteiger partial charge is 0.252 e. The van der Waals surface area contributed by atoms with E-state index < -0.39 is 0 Å². The fourth-order valence-corrected chi connectivity index (χ4v) is 4.50. The number of fused-ring (bicyclic) bond motifs is 1. The number of ether oxygens (including phenoxy) is 2. The van der Waals surface area contributed by atoms with Gasteiger partial charge < -0.3 is 20.1 Å². The van der Waals surface area contributed by atoms with Crippen molar-refractivity contribution in [2.24, 2.45) is 0 Å². The SMILES string of the molecule is COc1ccccc1CNC(=O)c1cccc2c1CN(Cc1ccccc1)CC(=O)NCCCCCO2. The summed E-state index contributed by atoms with van der Waals surface area (Å²) < 4.78 is 11.6. The zero-order valence-corrected chi connectivity index (χ0v) is 21.4. The first-order valence-corrected chi connectivity index (χ1v) is 12.8. The lowest BCUT2D eigenvalue weighted by Crippen LogP contribution is -2.37. The first-order chi connectivity index (χ1) is 18.1. The standard InChI is InChI=1S/C30H35N3O4/c1-36-27-15-7-6-13-24(27)19-32-30(35)25-14-10-16-28-26(25)21-33(20-23-11-4-2-5-12-23)22-29(34)31-17-8-3-9-18-37-28/h2,4-7,10-16H,3,8-9,17-22H2,1H3,(H,31,34)(H,32,35). The number of carbonyl (C=O) groups excluding carboxylic acids is 2. The molecule has 0 unspecified atom stereocenters. The van der Waals surface area contributed by atoms with Crippen LogP contribution in [-0.2, 0) is 24.4 Å². The molecule has 0 spiro atoms. The van der Waals surface area contributed by atoms with E-state index in [2.05, 4.69) is 15.5 Å². The van der Waals surface area contributed by atoms with E-state index in [0.29, 0.717) is 44.1 Å². The molecule has 1 heterocycles. The van der Waals surface area contributed by atoms with Crippen LogP contribution < -0.4 is 20.1 Å². The van der Waals surface area contributed by atoms with Crippen molar-refractivity contribution in [2.45, 2.75) is 38.9 Å². The highest BCUT2D eigenvalue weighted by atomic mass is 16.5. The second-order valence-corrected chi connectivity index (χ2v) is 9.17. The molecule has 0 bridgehead atoms. The van der Waals surface area contributed by atoms with E-state index in [1.165, 1.54) is 0 Å². The lowest BCUT2D eigenvalue weighted by Gasteiger charge is -2.25. The van der Waals surface area contributed by atoms with Crippen LogP contribution in [-0.4, -0.2) is 43.5 Å². The number of amides is 2. The van der Waals surface area contributed by atoms with Crippen LogP contribution in [0, 0.1) is 0 Å². The van der Waals surface area contributed by atoms with E-state index in [0.717, 1.165) is 41.7 Å². The number of methoxy groups -OCH3 is 1. The topological polar surface area (TPSA) is 79.9 Å². The maximum Gasteiger partial charge on any atom is 0.252 e. The molecule has 2 amide bonds. The van der Waals surface area contributed by atoms with Gasteiger partial charge in [-0.3, -0.25) is 14.5 Å². The molecule has 4 rings (SSSR count). The van der Waals surface area contributed by atoms with Gasteiger partial charge in [0.1, 0.15) is 11.5 Å². The summed E-state index contributed by atoms with van der Waals surface area (Å²) in [5, 5.41) is 6.07. The van der Waals surface area contributed by atoms with Crippen molar-refractivity contribution >= 4 is 11.8 Å². The van der Waals surface area contributed by atoms with Crippen LogP contribution in [0.25, 0.3) is 0 Å². The first-order valence-electron chi connectivity index (χ1n) is 12.8. The van der Waals surface area contributed by atoms with Crippen molar-refractivity contribution in [3.05, 3.63) is 95.1 Å². The number of hydrogen-bond acceptors (Lipinski definition) is 5. The van der Waals surface area contributed by atoms with Crippen LogP contribution in [0.4, 0.5) is 0 Å². The van der Waals surface area contributed by atoms with Crippen molar-refractivity contribution in [1.29, 1.82) is 0 Å². The third-order valence-corrected chi connectivity index (χ3v) is 6.41. The number of para-hydroxylation sites is 1. The third kappa shape index (κ3) is 7.57. The number of carbonyl (C=O) groups is 2. The summed E-state index contributed by atoms with van der Waals surface area (Å²) in [6.07, 6.45) is 2.75. The van der Waals surface area contributed by atoms with Gasteiger partial charge in [-0.1, -0.05) is 54.6 Å². The fourth-order valence-electron chi connectivity index (χ4n) is 4.50. The molecule has 1 aliphatic rings. The fraction of sp³-hybridized carbons (Fsp3) is 0.333. The van der Waals surface area contributed by atoms with E-state index in [4.69, 9.17) is 9.47 Å². The minimum Gasteiger partial charge on any atom is -0.496 e. The Morgan fingerprint density at radius 2 is 1.78 bits per heavy atom. The highest BCUT2D eigenvalue weighted by Gasteiger charge is 2.21. The van der Waals surface area contributed by atoms with Gasteiger partial charge in [0.05, 0.1) is 20.3 Å². The Labute approximate surface area is 218 Å². The van der Waals surface area contributed by atoms with Crippen molar-refractivity contribution in [2.75, 3.05) is 26.8 Å². The van der Waals surface area contributed by atoms with Crippen LogP contribution in [0.3, 0.4) is 0 Å². The van der Waals surface area contributed by atoms with Gasteiger partial charge in [-0.2, -0.15) is 0 Å². The molecule has 3 aromatic carbocycles. The monoisotopic (exact) mass is 501 g/mol. The van der Waals surface area contributed by atoms with Crippen molar-refractivity contribution in [3.8, 4) is 11.5 Å². The molecule has 0 aromatic heterocycles. The van der Waals surface area contributed by atoms with Crippen molar-refractivity contribution < 1.29 is 19.1 Å². The number of rotatable bonds is 6. The minimum absolute atomic E-state index is 0.0178. The predicted octanol–water partition coefficient (Wildman–Crippen LogP) is 4.31. The lowest BCUT2D eigenvalue weighted by atomic mass is 10.0. The first kappa shape index (κ1) is 26.2. The zero-order valence-electron chi connectivity index (χ0n) is 21.4. The van der Waals surface area contributed by atoms with Gasteiger partial charge in [0.15, 0.2) is 0 Å². The molecule has 0 radical (unpaired) electrons. The summed E-state index contributed by atoms with van der Waals surface area (Å²) in [5.41, 5.74) is 3.32. The Bertz CT molecular complexity index is 1180. The van der Waals surface area contributed by atoms with Gasteiger partial charge in [-0.25, -0.2) is 0 Å². The largest absolute Gasteiger partial charge is 0.496 e. The average Bonchev–Trinajstić information content (AvgIpc) is 2.93. The highest BCUT2D eigenvalue weighted by Crippen LogP contribution is 2.26. The quantitative estimate of drug-likeness (QED) is 0.526.